The van der Waals surface area contributed by atoms with E-state index < -0.39 is 0 Å². The lowest BCUT2D eigenvalue weighted by Crippen LogP contribution is -2.48. The molecule has 3 aromatic heterocycles. The smallest absolute Gasteiger partial charge is 0.228 e. The number of aromatic nitrogens is 2. The van der Waals surface area contributed by atoms with E-state index in [0.717, 1.165) is 67.1 Å². The van der Waals surface area contributed by atoms with Gasteiger partial charge in [0.1, 0.15) is 5.76 Å². The highest BCUT2D eigenvalue weighted by atomic mass is 32.1. The third kappa shape index (κ3) is 4.51. The Balaban J connectivity index is 1.28. The molecule has 4 rings (SSSR count). The molecule has 0 aliphatic carbocycles. The first-order valence-corrected chi connectivity index (χ1v) is 11.3. The van der Waals surface area contributed by atoms with Crippen molar-refractivity contribution in [2.75, 3.05) is 26.2 Å². The summed E-state index contributed by atoms with van der Waals surface area (Å²) in [6.07, 6.45) is 1.34. The average molecular weight is 417 g/mol. The van der Waals surface area contributed by atoms with E-state index in [1.165, 1.54) is 16.3 Å². The Kier molecular flexibility index (Phi) is 5.89. The van der Waals surface area contributed by atoms with Gasteiger partial charge in [-0.05, 0) is 25.5 Å². The maximum Gasteiger partial charge on any atom is 0.228 e. The maximum atomic E-state index is 12.7. The Hall–Kier alpha value is -2.03. The van der Waals surface area contributed by atoms with Crippen molar-refractivity contribution in [3.8, 4) is 10.8 Å². The maximum absolute atomic E-state index is 12.7. The molecule has 0 radical (unpaired) electrons. The molecule has 0 aromatic carbocycles. The van der Waals surface area contributed by atoms with Gasteiger partial charge >= 0.3 is 0 Å². The lowest BCUT2D eigenvalue weighted by Gasteiger charge is -2.34. The highest BCUT2D eigenvalue weighted by molar-refractivity contribution is 7.13. The molecule has 1 saturated heterocycles. The molecule has 1 fully saturated rings. The van der Waals surface area contributed by atoms with Crippen molar-refractivity contribution in [3.05, 3.63) is 45.0 Å². The van der Waals surface area contributed by atoms with Crippen LogP contribution in [-0.4, -0.2) is 51.9 Å². The third-order valence-electron chi connectivity index (χ3n) is 4.85. The van der Waals surface area contributed by atoms with Gasteiger partial charge in [0.15, 0.2) is 10.8 Å². The Morgan fingerprint density at radius 3 is 2.57 bits per heavy atom. The van der Waals surface area contributed by atoms with Crippen LogP contribution in [-0.2, 0) is 24.2 Å². The lowest BCUT2D eigenvalue weighted by molar-refractivity contribution is -0.132. The number of thiazole rings is 2. The van der Waals surface area contributed by atoms with Crippen LogP contribution in [0.5, 0.6) is 0 Å². The molecule has 1 aliphatic rings. The van der Waals surface area contributed by atoms with E-state index in [-0.39, 0.29) is 5.91 Å². The molecule has 0 atom stereocenters. The highest BCUT2D eigenvalue weighted by Gasteiger charge is 2.22. The van der Waals surface area contributed by atoms with Crippen molar-refractivity contribution in [2.45, 2.75) is 33.2 Å². The molecule has 8 heteroatoms. The number of amides is 1. The Morgan fingerprint density at radius 2 is 1.89 bits per heavy atom. The molecule has 3 aromatic rings. The molecular weight excluding hydrogens is 392 g/mol. The molecule has 4 heterocycles. The summed E-state index contributed by atoms with van der Waals surface area (Å²) in [5, 5.41) is 6.12. The van der Waals surface area contributed by atoms with Crippen molar-refractivity contribution < 1.29 is 9.21 Å². The number of aryl methyl sites for hydroxylation is 2. The highest BCUT2D eigenvalue weighted by Crippen LogP contribution is 2.26. The quantitative estimate of drug-likeness (QED) is 0.614. The molecule has 0 N–H and O–H groups in total. The molecule has 6 nitrogen and oxygen atoms in total. The summed E-state index contributed by atoms with van der Waals surface area (Å²) in [6, 6.07) is 3.85. The monoisotopic (exact) mass is 416 g/mol. The fraction of sp³-hybridized carbons (Fsp3) is 0.450. The predicted molar refractivity (Wildman–Crippen MR) is 112 cm³/mol. The van der Waals surface area contributed by atoms with E-state index in [4.69, 9.17) is 4.42 Å². The molecule has 28 heavy (non-hydrogen) atoms. The average Bonchev–Trinajstić information content (AvgIpc) is 3.43. The number of carbonyl (C=O) groups excluding carboxylic acids is 1. The summed E-state index contributed by atoms with van der Waals surface area (Å²) in [6.45, 7) is 8.22. The summed E-state index contributed by atoms with van der Waals surface area (Å²) in [7, 11) is 0. The zero-order valence-electron chi connectivity index (χ0n) is 16.2. The van der Waals surface area contributed by atoms with Gasteiger partial charge in [-0.1, -0.05) is 6.92 Å². The second-order valence-corrected chi connectivity index (χ2v) is 8.77. The van der Waals surface area contributed by atoms with Gasteiger partial charge in [0.25, 0.3) is 0 Å². The summed E-state index contributed by atoms with van der Waals surface area (Å²) in [5.74, 6) is 1.78. The van der Waals surface area contributed by atoms with E-state index in [9.17, 15) is 4.79 Å². The summed E-state index contributed by atoms with van der Waals surface area (Å²) in [4.78, 5) is 26.2. The Labute approximate surface area is 172 Å². The van der Waals surface area contributed by atoms with E-state index in [2.05, 4.69) is 27.2 Å². The summed E-state index contributed by atoms with van der Waals surface area (Å²) < 4.78 is 5.62. The topological polar surface area (TPSA) is 62.5 Å². The van der Waals surface area contributed by atoms with Crippen LogP contribution in [0.4, 0.5) is 0 Å². The molecular formula is C20H24N4O2S2. The van der Waals surface area contributed by atoms with Gasteiger partial charge in [-0.15, -0.1) is 22.7 Å². The first-order valence-electron chi connectivity index (χ1n) is 9.55. The van der Waals surface area contributed by atoms with E-state index >= 15 is 0 Å². The first-order chi connectivity index (χ1) is 13.6. The summed E-state index contributed by atoms with van der Waals surface area (Å²) in [5.41, 5.74) is 1.96. The van der Waals surface area contributed by atoms with Crippen LogP contribution >= 0.6 is 22.7 Å². The van der Waals surface area contributed by atoms with Gasteiger partial charge in [0.2, 0.25) is 5.91 Å². The van der Waals surface area contributed by atoms with Crippen LogP contribution in [0, 0.1) is 6.92 Å². The second kappa shape index (κ2) is 8.55. The van der Waals surface area contributed by atoms with Gasteiger partial charge < -0.3 is 9.32 Å². The van der Waals surface area contributed by atoms with Gasteiger partial charge in [0, 0.05) is 43.5 Å². The standard InChI is InChI=1S/C20H24N4O2S2/c1-3-18-21-16(13-27-18)11-23-6-8-24(9-7-23)19(25)10-15-12-28-20(22-15)17-5-4-14(2)26-17/h4-5,12-13H,3,6-11H2,1-2H3. The minimum absolute atomic E-state index is 0.147. The number of nitrogens with zero attached hydrogens (tertiary/aromatic N) is 4. The van der Waals surface area contributed by atoms with Gasteiger partial charge in [0.05, 0.1) is 22.8 Å². The fourth-order valence-electron chi connectivity index (χ4n) is 3.29. The number of furan rings is 1. The molecule has 0 unspecified atom stereocenters. The van der Waals surface area contributed by atoms with E-state index in [0.29, 0.717) is 6.42 Å². The van der Waals surface area contributed by atoms with Gasteiger partial charge in [-0.25, -0.2) is 9.97 Å². The normalized spacial score (nSPS) is 15.3. The van der Waals surface area contributed by atoms with Gasteiger partial charge in [-0.3, -0.25) is 9.69 Å². The predicted octanol–water partition coefficient (Wildman–Crippen LogP) is 3.62. The number of piperazine rings is 1. The zero-order chi connectivity index (χ0) is 19.5. The minimum atomic E-state index is 0.147. The van der Waals surface area contributed by atoms with Crippen molar-refractivity contribution >= 4 is 28.6 Å². The summed E-state index contributed by atoms with van der Waals surface area (Å²) >= 11 is 3.25. The lowest BCUT2D eigenvalue weighted by atomic mass is 10.2. The molecule has 0 spiro atoms. The molecule has 1 aliphatic heterocycles. The van der Waals surface area contributed by atoms with Crippen LogP contribution < -0.4 is 0 Å². The van der Waals surface area contributed by atoms with Gasteiger partial charge in [-0.2, -0.15) is 0 Å². The number of carbonyl (C=O) groups is 1. The van der Waals surface area contributed by atoms with Crippen LogP contribution in [0.1, 0.15) is 29.1 Å². The van der Waals surface area contributed by atoms with Crippen LogP contribution in [0.2, 0.25) is 0 Å². The van der Waals surface area contributed by atoms with Crippen LogP contribution in [0.3, 0.4) is 0 Å². The minimum Gasteiger partial charge on any atom is -0.459 e. The second-order valence-electron chi connectivity index (χ2n) is 6.97. The number of rotatable bonds is 6. The zero-order valence-corrected chi connectivity index (χ0v) is 17.8. The first kappa shape index (κ1) is 19.3. The van der Waals surface area contributed by atoms with Crippen molar-refractivity contribution in [3.63, 3.8) is 0 Å². The Bertz CT molecular complexity index is 938. The van der Waals surface area contributed by atoms with Crippen molar-refractivity contribution in [1.82, 2.24) is 19.8 Å². The van der Waals surface area contributed by atoms with Crippen LogP contribution in [0.25, 0.3) is 10.8 Å². The largest absolute Gasteiger partial charge is 0.459 e. The molecule has 1 amide bonds. The fourth-order valence-corrected chi connectivity index (χ4v) is 4.80. The number of hydrogen-bond donors (Lipinski definition) is 0. The van der Waals surface area contributed by atoms with Crippen LogP contribution in [0.15, 0.2) is 27.3 Å². The molecule has 148 valence electrons. The Morgan fingerprint density at radius 1 is 1.11 bits per heavy atom. The SMILES string of the molecule is CCc1nc(CN2CCN(C(=O)Cc3csc(-c4ccc(C)o4)n3)CC2)cs1. The van der Waals surface area contributed by atoms with Crippen molar-refractivity contribution in [2.24, 2.45) is 0 Å². The number of hydrogen-bond acceptors (Lipinski definition) is 7. The van der Waals surface area contributed by atoms with E-state index in [1.54, 1.807) is 11.3 Å². The molecule has 0 bridgehead atoms. The molecule has 0 saturated carbocycles. The van der Waals surface area contributed by atoms with E-state index in [1.807, 2.05) is 29.3 Å². The van der Waals surface area contributed by atoms with Crippen molar-refractivity contribution in [1.29, 1.82) is 0 Å². The third-order valence-corrected chi connectivity index (χ3v) is 6.80.